The minimum atomic E-state index is -4.02. The van der Waals surface area contributed by atoms with Crippen molar-refractivity contribution in [2.45, 2.75) is 4.90 Å². The van der Waals surface area contributed by atoms with Crippen LogP contribution in [0.2, 0.25) is 0 Å². The maximum absolute atomic E-state index is 13.8. The molecule has 1 heterocycles. The Balaban J connectivity index is 2.05. The first kappa shape index (κ1) is 14.0. The van der Waals surface area contributed by atoms with E-state index >= 15 is 0 Å². The fourth-order valence-electron chi connectivity index (χ4n) is 1.95. The zero-order chi connectivity index (χ0) is 15.0. The highest BCUT2D eigenvalue weighted by Gasteiger charge is 2.20. The van der Waals surface area contributed by atoms with Gasteiger partial charge in [0.25, 0.3) is 10.0 Å². The zero-order valence-corrected chi connectivity index (χ0v) is 12.9. The Labute approximate surface area is 128 Å². The normalized spacial score (nSPS) is 11.7. The lowest BCUT2D eigenvalue weighted by molar-refractivity contribution is 0.570. The number of nitrogens with one attached hydrogen (secondary N) is 2. The third kappa shape index (κ3) is 2.64. The van der Waals surface area contributed by atoms with E-state index in [9.17, 15) is 12.8 Å². The first-order chi connectivity index (χ1) is 9.97. The van der Waals surface area contributed by atoms with E-state index in [2.05, 4.69) is 30.8 Å². The lowest BCUT2D eigenvalue weighted by atomic mass is 10.2. The fourth-order valence-corrected chi connectivity index (χ4v) is 3.42. The van der Waals surface area contributed by atoms with Crippen molar-refractivity contribution in [2.24, 2.45) is 0 Å². The van der Waals surface area contributed by atoms with E-state index < -0.39 is 20.7 Å². The van der Waals surface area contributed by atoms with Gasteiger partial charge in [-0.05, 0) is 30.3 Å². The van der Waals surface area contributed by atoms with E-state index in [0.717, 1.165) is 6.07 Å². The molecule has 3 rings (SSSR count). The number of halogens is 2. The summed E-state index contributed by atoms with van der Waals surface area (Å²) in [7, 11) is -4.02. The molecule has 0 atom stereocenters. The smallest absolute Gasteiger partial charge is 0.264 e. The Morgan fingerprint density at radius 3 is 2.81 bits per heavy atom. The second-order valence-electron chi connectivity index (χ2n) is 4.32. The summed E-state index contributed by atoms with van der Waals surface area (Å²) in [6.45, 7) is 0. The maximum Gasteiger partial charge on any atom is 0.264 e. The van der Waals surface area contributed by atoms with Crippen LogP contribution in [0.15, 0.2) is 52.0 Å². The quantitative estimate of drug-likeness (QED) is 0.743. The van der Waals surface area contributed by atoms with Crippen LogP contribution < -0.4 is 4.72 Å². The third-order valence-electron chi connectivity index (χ3n) is 2.91. The summed E-state index contributed by atoms with van der Waals surface area (Å²) in [5.74, 6) is -0.823. The standard InChI is InChI=1S/C13H9BrFN3O2S/c14-8-4-5-13(10(15)6-8)21(19,20)18-12-3-1-2-11-9(12)7-16-17-11/h1-7,18H,(H,16,17). The van der Waals surface area contributed by atoms with Crippen molar-refractivity contribution < 1.29 is 12.8 Å². The van der Waals surface area contributed by atoms with Crippen molar-refractivity contribution >= 4 is 42.5 Å². The average Bonchev–Trinajstić information content (AvgIpc) is 2.87. The van der Waals surface area contributed by atoms with E-state index in [4.69, 9.17) is 0 Å². The second kappa shape index (κ2) is 5.12. The maximum atomic E-state index is 13.8. The van der Waals surface area contributed by atoms with Gasteiger partial charge in [-0.15, -0.1) is 0 Å². The number of rotatable bonds is 3. The molecule has 3 aromatic rings. The summed E-state index contributed by atoms with van der Waals surface area (Å²) in [4.78, 5) is -0.411. The number of hydrogen-bond acceptors (Lipinski definition) is 3. The van der Waals surface area contributed by atoms with Crippen LogP contribution in [-0.4, -0.2) is 18.6 Å². The van der Waals surface area contributed by atoms with Crippen LogP contribution in [-0.2, 0) is 10.0 Å². The predicted molar refractivity (Wildman–Crippen MR) is 81.0 cm³/mol. The topological polar surface area (TPSA) is 74.8 Å². The van der Waals surface area contributed by atoms with Gasteiger partial charge < -0.3 is 0 Å². The van der Waals surface area contributed by atoms with Gasteiger partial charge in [-0.3, -0.25) is 9.82 Å². The van der Waals surface area contributed by atoms with E-state index in [1.54, 1.807) is 18.2 Å². The number of benzene rings is 2. The van der Waals surface area contributed by atoms with Crippen molar-refractivity contribution in [3.05, 3.63) is 52.9 Å². The molecule has 0 saturated heterocycles. The molecule has 108 valence electrons. The molecule has 5 nitrogen and oxygen atoms in total. The highest BCUT2D eigenvalue weighted by molar-refractivity contribution is 9.10. The van der Waals surface area contributed by atoms with Crippen LogP contribution in [0.25, 0.3) is 10.9 Å². The average molecular weight is 370 g/mol. The number of aromatic amines is 1. The SMILES string of the molecule is O=S(=O)(Nc1cccc2[nH]ncc12)c1ccc(Br)cc1F. The molecule has 0 unspecified atom stereocenters. The molecule has 21 heavy (non-hydrogen) atoms. The molecule has 1 aromatic heterocycles. The number of H-pyrrole nitrogens is 1. The van der Waals surface area contributed by atoms with Crippen molar-refractivity contribution in [1.29, 1.82) is 0 Å². The second-order valence-corrected chi connectivity index (χ2v) is 6.88. The Morgan fingerprint density at radius 2 is 2.05 bits per heavy atom. The third-order valence-corrected chi connectivity index (χ3v) is 4.80. The van der Waals surface area contributed by atoms with Gasteiger partial charge in [0.2, 0.25) is 0 Å². The van der Waals surface area contributed by atoms with E-state index in [1.807, 2.05) is 0 Å². The largest absolute Gasteiger partial charge is 0.279 e. The van der Waals surface area contributed by atoms with Crippen LogP contribution in [0.1, 0.15) is 0 Å². The number of fused-ring (bicyclic) bond motifs is 1. The minimum absolute atomic E-state index is 0.337. The van der Waals surface area contributed by atoms with Crippen LogP contribution in [0.4, 0.5) is 10.1 Å². The molecule has 0 bridgehead atoms. The molecule has 0 amide bonds. The molecule has 0 fully saturated rings. The zero-order valence-electron chi connectivity index (χ0n) is 10.5. The lowest BCUT2D eigenvalue weighted by Crippen LogP contribution is -2.14. The van der Waals surface area contributed by atoms with E-state index in [1.165, 1.54) is 18.3 Å². The van der Waals surface area contributed by atoms with Gasteiger partial charge >= 0.3 is 0 Å². The summed E-state index contributed by atoms with van der Waals surface area (Å²) >= 11 is 3.09. The molecule has 0 saturated carbocycles. The summed E-state index contributed by atoms with van der Waals surface area (Å²) < 4.78 is 41.3. The monoisotopic (exact) mass is 369 g/mol. The number of hydrogen-bond donors (Lipinski definition) is 2. The van der Waals surface area contributed by atoms with Gasteiger partial charge in [-0.2, -0.15) is 5.10 Å². The van der Waals surface area contributed by atoms with Gasteiger partial charge in [-0.25, -0.2) is 12.8 Å². The number of aromatic nitrogens is 2. The molecule has 0 spiro atoms. The minimum Gasteiger partial charge on any atom is -0.279 e. The van der Waals surface area contributed by atoms with Crippen molar-refractivity contribution in [2.75, 3.05) is 4.72 Å². The Morgan fingerprint density at radius 1 is 1.24 bits per heavy atom. The molecule has 0 aliphatic carbocycles. The highest BCUT2D eigenvalue weighted by Crippen LogP contribution is 2.26. The first-order valence-corrected chi connectivity index (χ1v) is 8.15. The Kier molecular flexibility index (Phi) is 3.42. The van der Waals surface area contributed by atoms with Crippen LogP contribution in [0.3, 0.4) is 0 Å². The molecule has 0 radical (unpaired) electrons. The van der Waals surface area contributed by atoms with Gasteiger partial charge in [0, 0.05) is 9.86 Å². The van der Waals surface area contributed by atoms with Crippen molar-refractivity contribution in [3.8, 4) is 0 Å². The summed E-state index contributed by atoms with van der Waals surface area (Å²) in [6, 6.07) is 8.81. The lowest BCUT2D eigenvalue weighted by Gasteiger charge is -2.09. The molecule has 2 aromatic carbocycles. The summed E-state index contributed by atoms with van der Waals surface area (Å²) in [6.07, 6.45) is 1.51. The number of nitrogens with zero attached hydrogens (tertiary/aromatic N) is 1. The Hall–Kier alpha value is -1.93. The predicted octanol–water partition coefficient (Wildman–Crippen LogP) is 3.27. The van der Waals surface area contributed by atoms with Gasteiger partial charge in [0.15, 0.2) is 0 Å². The molecular formula is C13H9BrFN3O2S. The number of sulfonamides is 1. The van der Waals surface area contributed by atoms with Crippen LogP contribution in [0.5, 0.6) is 0 Å². The highest BCUT2D eigenvalue weighted by atomic mass is 79.9. The first-order valence-electron chi connectivity index (χ1n) is 5.87. The molecular weight excluding hydrogens is 361 g/mol. The molecule has 8 heteroatoms. The molecule has 2 N–H and O–H groups in total. The van der Waals surface area contributed by atoms with Crippen LogP contribution >= 0.6 is 15.9 Å². The summed E-state index contributed by atoms with van der Waals surface area (Å²) in [5, 5.41) is 7.20. The number of anilines is 1. The van der Waals surface area contributed by atoms with Crippen molar-refractivity contribution in [3.63, 3.8) is 0 Å². The van der Waals surface area contributed by atoms with E-state index in [-0.39, 0.29) is 0 Å². The fraction of sp³-hybridized carbons (Fsp3) is 0. The molecule has 0 aliphatic rings. The van der Waals surface area contributed by atoms with Gasteiger partial charge in [-0.1, -0.05) is 22.0 Å². The van der Waals surface area contributed by atoms with Crippen molar-refractivity contribution in [1.82, 2.24) is 10.2 Å². The van der Waals surface area contributed by atoms with Gasteiger partial charge in [0.05, 0.1) is 17.4 Å². The van der Waals surface area contributed by atoms with Gasteiger partial charge in [0.1, 0.15) is 10.7 Å². The summed E-state index contributed by atoms with van der Waals surface area (Å²) in [5.41, 5.74) is 1.02. The Bertz CT molecular complexity index is 924. The van der Waals surface area contributed by atoms with Crippen LogP contribution in [0, 0.1) is 5.82 Å². The molecule has 0 aliphatic heterocycles. The van der Waals surface area contributed by atoms with E-state index in [0.29, 0.717) is 21.1 Å².